The highest BCUT2D eigenvalue weighted by atomic mass is 16.5. The van der Waals surface area contributed by atoms with Crippen molar-refractivity contribution in [3.05, 3.63) is 59.2 Å². The van der Waals surface area contributed by atoms with Gasteiger partial charge in [0.25, 0.3) is 11.8 Å². The van der Waals surface area contributed by atoms with Gasteiger partial charge in [-0.2, -0.15) is 0 Å². The van der Waals surface area contributed by atoms with E-state index in [9.17, 15) is 9.59 Å². The van der Waals surface area contributed by atoms with Gasteiger partial charge in [-0.05, 0) is 50.6 Å². The first-order valence-electron chi connectivity index (χ1n) is 9.76. The van der Waals surface area contributed by atoms with Crippen molar-refractivity contribution in [2.75, 3.05) is 31.6 Å². The van der Waals surface area contributed by atoms with E-state index < -0.39 is 0 Å². The molecule has 1 saturated heterocycles. The molecule has 4 rings (SSSR count). The van der Waals surface area contributed by atoms with Crippen LogP contribution in [0.5, 0.6) is 5.75 Å². The number of likely N-dealkylation sites (tertiary alicyclic amines) is 1. The largest absolute Gasteiger partial charge is 0.481 e. The number of aryl methyl sites for hydroxylation is 1. The minimum atomic E-state index is -0.210. The van der Waals surface area contributed by atoms with Crippen molar-refractivity contribution in [2.45, 2.75) is 25.8 Å². The number of anilines is 1. The maximum absolute atomic E-state index is 12.9. The number of para-hydroxylation sites is 1. The number of hydrogen-bond donors (Lipinski definition) is 2. The zero-order chi connectivity index (χ0) is 19.5. The van der Waals surface area contributed by atoms with E-state index >= 15 is 0 Å². The molecule has 0 bridgehead atoms. The summed E-state index contributed by atoms with van der Waals surface area (Å²) in [5.74, 6) is 0.0375. The highest BCUT2D eigenvalue weighted by Gasteiger charge is 2.26. The summed E-state index contributed by atoms with van der Waals surface area (Å²) in [6, 6.07) is 13.9. The Hall–Kier alpha value is -2.86. The van der Waals surface area contributed by atoms with Crippen molar-refractivity contribution in [1.29, 1.82) is 0 Å². The van der Waals surface area contributed by atoms with Gasteiger partial charge >= 0.3 is 0 Å². The van der Waals surface area contributed by atoms with Crippen molar-refractivity contribution < 1.29 is 14.3 Å². The number of nitrogens with one attached hydrogen (secondary N) is 2. The number of carbonyl (C=O) groups is 2. The van der Waals surface area contributed by atoms with Crippen LogP contribution in [0.4, 0.5) is 5.69 Å². The van der Waals surface area contributed by atoms with Crippen LogP contribution in [0.3, 0.4) is 0 Å². The minimum Gasteiger partial charge on any atom is -0.481 e. The Morgan fingerprint density at radius 3 is 2.68 bits per heavy atom. The Labute approximate surface area is 164 Å². The number of hydrogen-bond acceptors (Lipinski definition) is 4. The van der Waals surface area contributed by atoms with Crippen LogP contribution >= 0.6 is 0 Å². The predicted molar refractivity (Wildman–Crippen MR) is 108 cm³/mol. The summed E-state index contributed by atoms with van der Waals surface area (Å²) in [6.07, 6.45) is 2.38. The molecule has 2 aliphatic rings. The molecule has 2 amide bonds. The normalized spacial score (nSPS) is 17.4. The standard InChI is InChI=1S/C22H25N3O3/c1-15-7-9-16(10-8-15)19(25-11-2-3-12-25)13-23-22(27)17-5-4-6-18-21(17)28-14-20(26)24-18/h4-10,19H,2-3,11-14H2,1H3,(H,23,27)(H,24,26). The Morgan fingerprint density at radius 2 is 1.93 bits per heavy atom. The lowest BCUT2D eigenvalue weighted by molar-refractivity contribution is -0.118. The minimum absolute atomic E-state index is 0.0724. The molecule has 1 atom stereocenters. The number of amides is 2. The third kappa shape index (κ3) is 3.87. The highest BCUT2D eigenvalue weighted by Crippen LogP contribution is 2.32. The first-order valence-corrected chi connectivity index (χ1v) is 9.76. The molecule has 2 aromatic carbocycles. The van der Waals surface area contributed by atoms with Crippen LogP contribution < -0.4 is 15.4 Å². The van der Waals surface area contributed by atoms with Crippen molar-refractivity contribution in [3.63, 3.8) is 0 Å². The number of rotatable bonds is 5. The third-order valence-corrected chi connectivity index (χ3v) is 5.38. The second-order valence-electron chi connectivity index (χ2n) is 7.40. The van der Waals surface area contributed by atoms with Gasteiger partial charge in [-0.15, -0.1) is 0 Å². The Bertz CT molecular complexity index is 873. The Kier molecular flexibility index (Phi) is 5.30. The molecule has 2 heterocycles. The molecule has 2 aliphatic heterocycles. The lowest BCUT2D eigenvalue weighted by atomic mass is 10.0. The molecule has 28 heavy (non-hydrogen) atoms. The van der Waals surface area contributed by atoms with Gasteiger partial charge in [0, 0.05) is 6.54 Å². The fourth-order valence-electron chi connectivity index (χ4n) is 3.88. The van der Waals surface area contributed by atoms with Crippen LogP contribution in [0, 0.1) is 6.92 Å². The van der Waals surface area contributed by atoms with Crippen molar-refractivity contribution in [3.8, 4) is 5.75 Å². The lowest BCUT2D eigenvalue weighted by Crippen LogP contribution is -2.37. The fourth-order valence-corrected chi connectivity index (χ4v) is 3.88. The molecule has 1 fully saturated rings. The van der Waals surface area contributed by atoms with Gasteiger partial charge in [0.15, 0.2) is 12.4 Å². The van der Waals surface area contributed by atoms with Crippen LogP contribution in [-0.2, 0) is 4.79 Å². The lowest BCUT2D eigenvalue weighted by Gasteiger charge is -2.28. The fraction of sp³-hybridized carbons (Fsp3) is 0.364. The quantitative estimate of drug-likeness (QED) is 0.838. The van der Waals surface area contributed by atoms with E-state index in [1.807, 2.05) is 0 Å². The summed E-state index contributed by atoms with van der Waals surface area (Å²) in [5.41, 5.74) is 3.43. The number of benzene rings is 2. The molecule has 6 nitrogen and oxygen atoms in total. The van der Waals surface area contributed by atoms with Gasteiger partial charge in [0.05, 0.1) is 17.3 Å². The van der Waals surface area contributed by atoms with E-state index in [1.165, 1.54) is 24.0 Å². The number of carbonyl (C=O) groups excluding carboxylic acids is 2. The van der Waals surface area contributed by atoms with Gasteiger partial charge in [0.2, 0.25) is 0 Å². The van der Waals surface area contributed by atoms with E-state index in [1.54, 1.807) is 18.2 Å². The topological polar surface area (TPSA) is 70.7 Å². The predicted octanol–water partition coefficient (Wildman–Crippen LogP) is 2.89. The van der Waals surface area contributed by atoms with Crippen LogP contribution in [-0.4, -0.2) is 43.0 Å². The van der Waals surface area contributed by atoms with Gasteiger partial charge in [-0.1, -0.05) is 35.9 Å². The molecule has 0 saturated carbocycles. The van der Waals surface area contributed by atoms with Crippen LogP contribution in [0.15, 0.2) is 42.5 Å². The summed E-state index contributed by atoms with van der Waals surface area (Å²) < 4.78 is 5.51. The van der Waals surface area contributed by atoms with Crippen LogP contribution in [0.2, 0.25) is 0 Å². The van der Waals surface area contributed by atoms with Gasteiger partial charge < -0.3 is 15.4 Å². The van der Waals surface area contributed by atoms with E-state index in [-0.39, 0.29) is 24.5 Å². The maximum atomic E-state index is 12.9. The molecule has 0 radical (unpaired) electrons. The van der Waals surface area contributed by atoms with E-state index in [2.05, 4.69) is 46.7 Å². The zero-order valence-electron chi connectivity index (χ0n) is 16.0. The molecule has 2 aromatic rings. The summed E-state index contributed by atoms with van der Waals surface area (Å²) in [5, 5.41) is 5.82. The van der Waals surface area contributed by atoms with Crippen LogP contribution in [0.1, 0.15) is 40.4 Å². The number of nitrogens with zero attached hydrogens (tertiary/aromatic N) is 1. The van der Waals surface area contributed by atoms with Crippen LogP contribution in [0.25, 0.3) is 0 Å². The Morgan fingerprint density at radius 1 is 1.18 bits per heavy atom. The summed E-state index contributed by atoms with van der Waals surface area (Å²) in [7, 11) is 0. The van der Waals surface area contributed by atoms with Gasteiger partial charge in [-0.25, -0.2) is 0 Å². The smallest absolute Gasteiger partial charge is 0.262 e. The van der Waals surface area contributed by atoms with Gasteiger partial charge in [0.1, 0.15) is 0 Å². The Balaban J connectivity index is 1.51. The monoisotopic (exact) mass is 379 g/mol. The zero-order valence-corrected chi connectivity index (χ0v) is 16.0. The highest BCUT2D eigenvalue weighted by molar-refractivity contribution is 6.03. The molecular weight excluding hydrogens is 354 g/mol. The SMILES string of the molecule is Cc1ccc(C(CNC(=O)c2cccc3c2OCC(=O)N3)N2CCCC2)cc1. The van der Waals surface area contributed by atoms with Crippen molar-refractivity contribution in [1.82, 2.24) is 10.2 Å². The van der Waals surface area contributed by atoms with E-state index in [0.717, 1.165) is 13.1 Å². The first kappa shape index (κ1) is 18.5. The molecule has 0 aliphatic carbocycles. The molecule has 0 spiro atoms. The second-order valence-corrected chi connectivity index (χ2v) is 7.40. The number of fused-ring (bicyclic) bond motifs is 1. The van der Waals surface area contributed by atoms with Gasteiger partial charge in [-0.3, -0.25) is 14.5 Å². The molecule has 0 aromatic heterocycles. The summed E-state index contributed by atoms with van der Waals surface area (Å²) >= 11 is 0. The third-order valence-electron chi connectivity index (χ3n) is 5.38. The van der Waals surface area contributed by atoms with Crippen molar-refractivity contribution >= 4 is 17.5 Å². The average Bonchev–Trinajstić information content (AvgIpc) is 3.23. The molecule has 1 unspecified atom stereocenters. The number of ether oxygens (including phenoxy) is 1. The van der Waals surface area contributed by atoms with E-state index in [4.69, 9.17) is 4.74 Å². The maximum Gasteiger partial charge on any atom is 0.262 e. The first-order chi connectivity index (χ1) is 13.6. The molecule has 6 heteroatoms. The molecule has 2 N–H and O–H groups in total. The summed E-state index contributed by atoms with van der Waals surface area (Å²) in [4.78, 5) is 26.8. The molecule has 146 valence electrons. The summed E-state index contributed by atoms with van der Waals surface area (Å²) in [6.45, 7) is 4.62. The molecular formula is C22H25N3O3. The van der Waals surface area contributed by atoms with Crippen molar-refractivity contribution in [2.24, 2.45) is 0 Å². The van der Waals surface area contributed by atoms with E-state index in [0.29, 0.717) is 23.5 Å². The second kappa shape index (κ2) is 8.02. The average molecular weight is 379 g/mol.